The summed E-state index contributed by atoms with van der Waals surface area (Å²) in [6.07, 6.45) is 2.86. The number of nitrogens with zero attached hydrogens (tertiary/aromatic N) is 3. The Morgan fingerprint density at radius 1 is 1.29 bits per heavy atom. The maximum absolute atomic E-state index is 6.17. The molecule has 0 aliphatic heterocycles. The molecule has 0 radical (unpaired) electrons. The number of hydrogen-bond acceptors (Lipinski definition) is 4. The van der Waals surface area contributed by atoms with Gasteiger partial charge in [0.1, 0.15) is 5.82 Å². The van der Waals surface area contributed by atoms with Crippen molar-refractivity contribution in [1.82, 2.24) is 9.88 Å². The molecule has 96 valence electrons. The molecule has 4 nitrogen and oxygen atoms in total. The van der Waals surface area contributed by atoms with Gasteiger partial charge in [-0.25, -0.2) is 4.98 Å². The van der Waals surface area contributed by atoms with E-state index in [1.54, 1.807) is 6.20 Å². The standard InChI is InChI=1S/C12H21ClN4/c1-16(2)5-4-6-17(3)12-11(13)7-10(8-14)9-15-12/h7,9H,4-6,8,14H2,1-3H3. The van der Waals surface area contributed by atoms with Crippen LogP contribution in [0.3, 0.4) is 0 Å². The third-order valence-corrected chi connectivity index (χ3v) is 2.85. The molecule has 0 spiro atoms. The van der Waals surface area contributed by atoms with E-state index in [9.17, 15) is 0 Å². The van der Waals surface area contributed by atoms with E-state index >= 15 is 0 Å². The summed E-state index contributed by atoms with van der Waals surface area (Å²) in [7, 11) is 6.15. The fourth-order valence-electron chi connectivity index (χ4n) is 1.59. The summed E-state index contributed by atoms with van der Waals surface area (Å²) >= 11 is 6.17. The molecule has 0 unspecified atom stereocenters. The van der Waals surface area contributed by atoms with Gasteiger partial charge in [-0.3, -0.25) is 0 Å². The van der Waals surface area contributed by atoms with Gasteiger partial charge in [0.05, 0.1) is 5.02 Å². The Morgan fingerprint density at radius 3 is 2.53 bits per heavy atom. The van der Waals surface area contributed by atoms with E-state index in [2.05, 4.69) is 28.9 Å². The minimum atomic E-state index is 0.470. The Hall–Kier alpha value is -0.840. The molecular formula is C12H21ClN4. The van der Waals surface area contributed by atoms with Crippen LogP contribution >= 0.6 is 11.6 Å². The van der Waals surface area contributed by atoms with E-state index < -0.39 is 0 Å². The van der Waals surface area contributed by atoms with Crippen LogP contribution in [0.1, 0.15) is 12.0 Å². The van der Waals surface area contributed by atoms with Crippen LogP contribution in [-0.4, -0.2) is 44.1 Å². The minimum absolute atomic E-state index is 0.470. The number of aromatic nitrogens is 1. The Labute approximate surface area is 108 Å². The third kappa shape index (κ3) is 4.50. The van der Waals surface area contributed by atoms with Crippen molar-refractivity contribution in [1.29, 1.82) is 0 Å². The normalized spacial score (nSPS) is 10.9. The first-order chi connectivity index (χ1) is 8.04. The van der Waals surface area contributed by atoms with Crippen molar-refractivity contribution in [3.8, 4) is 0 Å². The Balaban J connectivity index is 2.59. The smallest absolute Gasteiger partial charge is 0.147 e. The third-order valence-electron chi connectivity index (χ3n) is 2.57. The van der Waals surface area contributed by atoms with Crippen LogP contribution in [0.2, 0.25) is 5.02 Å². The van der Waals surface area contributed by atoms with Crippen molar-refractivity contribution in [3.05, 3.63) is 22.8 Å². The van der Waals surface area contributed by atoms with Crippen molar-refractivity contribution in [3.63, 3.8) is 0 Å². The SMILES string of the molecule is CN(C)CCCN(C)c1ncc(CN)cc1Cl. The molecule has 0 aliphatic rings. The number of anilines is 1. The molecule has 0 saturated carbocycles. The highest BCUT2D eigenvalue weighted by atomic mass is 35.5. The summed E-state index contributed by atoms with van der Waals surface area (Å²) in [5.41, 5.74) is 6.50. The van der Waals surface area contributed by atoms with E-state index in [0.29, 0.717) is 11.6 Å². The topological polar surface area (TPSA) is 45.4 Å². The quantitative estimate of drug-likeness (QED) is 0.840. The highest BCUT2D eigenvalue weighted by Gasteiger charge is 2.08. The summed E-state index contributed by atoms with van der Waals surface area (Å²) in [6, 6.07) is 1.88. The molecule has 0 saturated heterocycles. The van der Waals surface area contributed by atoms with Gasteiger partial charge in [-0.15, -0.1) is 0 Å². The van der Waals surface area contributed by atoms with Gasteiger partial charge in [-0.2, -0.15) is 0 Å². The average molecular weight is 257 g/mol. The van der Waals surface area contributed by atoms with Gasteiger partial charge in [-0.05, 0) is 38.7 Å². The van der Waals surface area contributed by atoms with Gasteiger partial charge in [0.25, 0.3) is 0 Å². The van der Waals surface area contributed by atoms with E-state index in [-0.39, 0.29) is 0 Å². The van der Waals surface area contributed by atoms with Crippen molar-refractivity contribution >= 4 is 17.4 Å². The zero-order valence-electron chi connectivity index (χ0n) is 10.8. The van der Waals surface area contributed by atoms with E-state index in [1.165, 1.54) is 0 Å². The minimum Gasteiger partial charge on any atom is -0.358 e. The first-order valence-electron chi connectivity index (χ1n) is 5.75. The molecule has 1 heterocycles. The van der Waals surface area contributed by atoms with Crippen LogP contribution in [0.5, 0.6) is 0 Å². The lowest BCUT2D eigenvalue weighted by Crippen LogP contribution is -2.24. The lowest BCUT2D eigenvalue weighted by molar-refractivity contribution is 0.401. The summed E-state index contributed by atoms with van der Waals surface area (Å²) in [4.78, 5) is 8.59. The van der Waals surface area contributed by atoms with Gasteiger partial charge >= 0.3 is 0 Å². The van der Waals surface area contributed by atoms with Crippen LogP contribution in [-0.2, 0) is 6.54 Å². The zero-order valence-corrected chi connectivity index (χ0v) is 11.5. The second-order valence-corrected chi connectivity index (χ2v) is 4.84. The molecule has 0 atom stereocenters. The monoisotopic (exact) mass is 256 g/mol. The summed E-state index contributed by atoms with van der Waals surface area (Å²) in [5.74, 6) is 0.822. The Morgan fingerprint density at radius 2 is 2.00 bits per heavy atom. The number of hydrogen-bond donors (Lipinski definition) is 1. The molecule has 0 amide bonds. The predicted molar refractivity (Wildman–Crippen MR) is 73.6 cm³/mol. The summed E-state index contributed by atoms with van der Waals surface area (Å²) < 4.78 is 0. The predicted octanol–water partition coefficient (Wildman–Crippen LogP) is 1.58. The molecular weight excluding hydrogens is 236 g/mol. The first kappa shape index (κ1) is 14.2. The van der Waals surface area contributed by atoms with E-state index in [1.807, 2.05) is 13.1 Å². The highest BCUT2D eigenvalue weighted by molar-refractivity contribution is 6.33. The van der Waals surface area contributed by atoms with Gasteiger partial charge in [0.15, 0.2) is 0 Å². The maximum Gasteiger partial charge on any atom is 0.147 e. The lowest BCUT2D eigenvalue weighted by Gasteiger charge is -2.20. The van der Waals surface area contributed by atoms with Crippen molar-refractivity contribution in [2.45, 2.75) is 13.0 Å². The molecule has 17 heavy (non-hydrogen) atoms. The van der Waals surface area contributed by atoms with Crippen LogP contribution in [0, 0.1) is 0 Å². The number of rotatable bonds is 6. The fourth-order valence-corrected chi connectivity index (χ4v) is 1.93. The average Bonchev–Trinajstić information content (AvgIpc) is 2.28. The van der Waals surface area contributed by atoms with Crippen LogP contribution in [0.15, 0.2) is 12.3 Å². The number of nitrogens with two attached hydrogens (primary N) is 1. The fraction of sp³-hybridized carbons (Fsp3) is 0.583. The molecule has 2 N–H and O–H groups in total. The molecule has 0 fully saturated rings. The molecule has 1 aromatic heterocycles. The van der Waals surface area contributed by atoms with Crippen molar-refractivity contribution < 1.29 is 0 Å². The highest BCUT2D eigenvalue weighted by Crippen LogP contribution is 2.23. The Bertz CT molecular complexity index is 354. The molecule has 0 bridgehead atoms. The van der Waals surface area contributed by atoms with E-state index in [0.717, 1.165) is 30.9 Å². The first-order valence-corrected chi connectivity index (χ1v) is 6.12. The molecule has 0 aliphatic carbocycles. The van der Waals surface area contributed by atoms with Crippen LogP contribution in [0.4, 0.5) is 5.82 Å². The second-order valence-electron chi connectivity index (χ2n) is 4.43. The van der Waals surface area contributed by atoms with Gasteiger partial charge < -0.3 is 15.5 Å². The van der Waals surface area contributed by atoms with E-state index in [4.69, 9.17) is 17.3 Å². The maximum atomic E-state index is 6.17. The number of pyridine rings is 1. The largest absolute Gasteiger partial charge is 0.358 e. The Kier molecular flexibility index (Phi) is 5.68. The van der Waals surface area contributed by atoms with Crippen LogP contribution in [0.25, 0.3) is 0 Å². The molecule has 5 heteroatoms. The van der Waals surface area contributed by atoms with Gasteiger partial charge in [0.2, 0.25) is 0 Å². The summed E-state index contributed by atoms with van der Waals surface area (Å²) in [6.45, 7) is 2.47. The zero-order chi connectivity index (χ0) is 12.8. The molecule has 1 aromatic rings. The van der Waals surface area contributed by atoms with Crippen molar-refractivity contribution in [2.75, 3.05) is 39.1 Å². The molecule has 0 aromatic carbocycles. The van der Waals surface area contributed by atoms with Crippen molar-refractivity contribution in [2.24, 2.45) is 5.73 Å². The lowest BCUT2D eigenvalue weighted by atomic mass is 10.3. The van der Waals surface area contributed by atoms with Crippen LogP contribution < -0.4 is 10.6 Å². The van der Waals surface area contributed by atoms with Gasteiger partial charge in [0, 0.05) is 26.3 Å². The second kappa shape index (κ2) is 6.79. The number of halogens is 1. The van der Waals surface area contributed by atoms with Gasteiger partial charge in [-0.1, -0.05) is 11.6 Å². The molecule has 1 rings (SSSR count). The summed E-state index contributed by atoms with van der Waals surface area (Å²) in [5, 5.41) is 0.667.